The maximum atomic E-state index is 11.8. The number of unbranched alkanes of at least 4 members (excludes halogenated alkanes) is 2. The molecule has 2 aromatic carbocycles. The molecule has 2 N–H and O–H groups in total. The number of carbonyl (C=O) groups is 2. The van der Waals surface area contributed by atoms with Crippen molar-refractivity contribution in [3.63, 3.8) is 0 Å². The van der Waals surface area contributed by atoms with Crippen molar-refractivity contribution in [1.82, 2.24) is 0 Å². The molecule has 0 saturated carbocycles. The fourth-order valence-corrected chi connectivity index (χ4v) is 2.47. The van der Waals surface area contributed by atoms with Crippen molar-refractivity contribution in [2.24, 2.45) is 0 Å². The summed E-state index contributed by atoms with van der Waals surface area (Å²) in [5, 5.41) is 6.54. The molecular weight excluding hydrogens is 380 g/mol. The molecule has 0 heterocycles. The zero-order valence-electron chi connectivity index (χ0n) is 17.5. The van der Waals surface area contributed by atoms with E-state index in [1.165, 1.54) is 0 Å². The van der Waals surface area contributed by atoms with Crippen LogP contribution < -0.4 is 20.1 Å². The van der Waals surface area contributed by atoms with Gasteiger partial charge in [-0.25, -0.2) is 9.59 Å². The molecule has 0 aliphatic carbocycles. The maximum Gasteiger partial charge on any atom is 0.390 e. The highest BCUT2D eigenvalue weighted by atomic mass is 16.5. The van der Waals surface area contributed by atoms with Gasteiger partial charge in [-0.3, -0.25) is 0 Å². The lowest BCUT2D eigenvalue weighted by atomic mass is 10.3. The molecule has 6 nitrogen and oxygen atoms in total. The van der Waals surface area contributed by atoms with Crippen LogP contribution in [0.3, 0.4) is 0 Å². The Labute approximate surface area is 178 Å². The Kier molecular flexibility index (Phi) is 9.81. The first-order chi connectivity index (χ1) is 14.6. The van der Waals surface area contributed by atoms with Gasteiger partial charge in [0, 0.05) is 36.3 Å². The standard InChI is InChI=1S/C24H28N2O4/c1-3-5-17-25-19-7-11-21(12-8-19)29-23(27)15-16-24(28)30-22-13-9-20(10-14-22)26-18-6-4-2/h7-14,25-26H,3-6,17-18H2,1-2H3. The van der Waals surface area contributed by atoms with Gasteiger partial charge in [0.1, 0.15) is 11.5 Å². The van der Waals surface area contributed by atoms with E-state index in [-0.39, 0.29) is 0 Å². The van der Waals surface area contributed by atoms with Crippen LogP contribution in [0.4, 0.5) is 11.4 Å². The second-order valence-electron chi connectivity index (χ2n) is 6.64. The predicted molar refractivity (Wildman–Crippen MR) is 119 cm³/mol. The normalized spacial score (nSPS) is 9.80. The summed E-state index contributed by atoms with van der Waals surface area (Å²) in [6.45, 7) is 6.04. The first-order valence-corrected chi connectivity index (χ1v) is 10.2. The number of hydrogen-bond donors (Lipinski definition) is 2. The van der Waals surface area contributed by atoms with Crippen LogP contribution in [-0.4, -0.2) is 25.0 Å². The molecule has 0 aliphatic heterocycles. The van der Waals surface area contributed by atoms with Crippen LogP contribution in [-0.2, 0) is 9.59 Å². The molecule has 0 saturated heterocycles. The quantitative estimate of drug-likeness (QED) is 0.196. The van der Waals surface area contributed by atoms with Crippen molar-refractivity contribution >= 4 is 23.3 Å². The van der Waals surface area contributed by atoms with E-state index in [2.05, 4.69) is 36.3 Å². The van der Waals surface area contributed by atoms with E-state index in [1.807, 2.05) is 24.3 Å². The highest BCUT2D eigenvalue weighted by Crippen LogP contribution is 2.17. The van der Waals surface area contributed by atoms with Gasteiger partial charge in [-0.2, -0.15) is 0 Å². The van der Waals surface area contributed by atoms with E-state index >= 15 is 0 Å². The summed E-state index contributed by atoms with van der Waals surface area (Å²) in [6, 6.07) is 14.0. The van der Waals surface area contributed by atoms with Crippen LogP contribution in [0.5, 0.6) is 11.5 Å². The van der Waals surface area contributed by atoms with Crippen molar-refractivity contribution in [2.75, 3.05) is 23.7 Å². The molecule has 6 heteroatoms. The largest absolute Gasteiger partial charge is 0.417 e. The van der Waals surface area contributed by atoms with E-state index in [9.17, 15) is 9.59 Å². The number of hydrogen-bond acceptors (Lipinski definition) is 6. The predicted octanol–water partition coefficient (Wildman–Crippen LogP) is 4.63. The third-order valence-corrected chi connectivity index (χ3v) is 4.12. The van der Waals surface area contributed by atoms with E-state index in [1.54, 1.807) is 24.3 Å². The Bertz CT molecular complexity index is 793. The molecule has 0 bridgehead atoms. The van der Waals surface area contributed by atoms with Gasteiger partial charge in [-0.15, -0.1) is 0 Å². The second kappa shape index (κ2) is 12.9. The molecular formula is C24H28N2O4. The highest BCUT2D eigenvalue weighted by molar-refractivity contribution is 5.99. The molecule has 158 valence electrons. The molecule has 0 fully saturated rings. The Hall–Kier alpha value is -3.46. The van der Waals surface area contributed by atoms with Crippen LogP contribution in [0.1, 0.15) is 39.5 Å². The average molecular weight is 408 g/mol. The van der Waals surface area contributed by atoms with Gasteiger partial charge in [0.25, 0.3) is 0 Å². The van der Waals surface area contributed by atoms with Crippen molar-refractivity contribution < 1.29 is 19.1 Å². The summed E-state index contributed by atoms with van der Waals surface area (Å²) in [5.74, 6) is 3.34. The number of ether oxygens (including phenoxy) is 2. The van der Waals surface area contributed by atoms with Gasteiger partial charge in [0.2, 0.25) is 0 Å². The molecule has 0 atom stereocenters. The van der Waals surface area contributed by atoms with E-state index in [4.69, 9.17) is 9.47 Å². The SMILES string of the molecule is CCCCNc1ccc(OC(=O)C#CC(=O)Oc2ccc(NCCCC)cc2)cc1. The number of nitrogens with one attached hydrogen (secondary N) is 2. The molecule has 0 unspecified atom stereocenters. The monoisotopic (exact) mass is 408 g/mol. The molecule has 0 amide bonds. The molecule has 0 spiro atoms. The van der Waals surface area contributed by atoms with E-state index < -0.39 is 11.9 Å². The molecule has 0 radical (unpaired) electrons. The Balaban J connectivity index is 1.79. The van der Waals surface area contributed by atoms with Gasteiger partial charge in [-0.1, -0.05) is 26.7 Å². The minimum absolute atomic E-state index is 0.356. The number of anilines is 2. The van der Waals surface area contributed by atoms with Gasteiger partial charge in [0.05, 0.1) is 0 Å². The van der Waals surface area contributed by atoms with Crippen molar-refractivity contribution in [3.05, 3.63) is 48.5 Å². The summed E-state index contributed by atoms with van der Waals surface area (Å²) in [5.41, 5.74) is 1.90. The summed E-state index contributed by atoms with van der Waals surface area (Å²) in [7, 11) is 0. The number of carbonyl (C=O) groups excluding carboxylic acids is 2. The van der Waals surface area contributed by atoms with Gasteiger partial charge in [-0.05, 0) is 61.4 Å². The van der Waals surface area contributed by atoms with Crippen LogP contribution in [0.2, 0.25) is 0 Å². The van der Waals surface area contributed by atoms with Crippen LogP contribution in [0, 0.1) is 11.8 Å². The Morgan fingerprint density at radius 3 is 1.40 bits per heavy atom. The van der Waals surface area contributed by atoms with E-state index in [0.717, 1.165) is 50.1 Å². The lowest BCUT2D eigenvalue weighted by Crippen LogP contribution is -2.09. The van der Waals surface area contributed by atoms with Crippen molar-refractivity contribution in [1.29, 1.82) is 0 Å². The lowest BCUT2D eigenvalue weighted by molar-refractivity contribution is -0.130. The fraction of sp³-hybridized carbons (Fsp3) is 0.333. The summed E-state index contributed by atoms with van der Waals surface area (Å²) in [6.07, 6.45) is 4.40. The molecule has 0 aromatic heterocycles. The number of benzene rings is 2. The molecule has 2 aromatic rings. The van der Waals surface area contributed by atoms with Crippen LogP contribution in [0.25, 0.3) is 0 Å². The van der Waals surface area contributed by atoms with Gasteiger partial charge < -0.3 is 20.1 Å². The zero-order valence-corrected chi connectivity index (χ0v) is 17.5. The third kappa shape index (κ3) is 8.70. The summed E-state index contributed by atoms with van der Waals surface area (Å²) < 4.78 is 10.2. The van der Waals surface area contributed by atoms with Gasteiger partial charge >= 0.3 is 11.9 Å². The van der Waals surface area contributed by atoms with Crippen LogP contribution >= 0.6 is 0 Å². The second-order valence-corrected chi connectivity index (χ2v) is 6.64. The van der Waals surface area contributed by atoms with Crippen molar-refractivity contribution in [2.45, 2.75) is 39.5 Å². The first kappa shape index (κ1) is 22.8. The first-order valence-electron chi connectivity index (χ1n) is 10.2. The fourth-order valence-electron chi connectivity index (χ4n) is 2.47. The number of rotatable bonds is 10. The minimum atomic E-state index is -0.825. The minimum Gasteiger partial charge on any atom is -0.417 e. The molecule has 30 heavy (non-hydrogen) atoms. The lowest BCUT2D eigenvalue weighted by Gasteiger charge is -2.06. The maximum absolute atomic E-state index is 11.8. The zero-order chi connectivity index (χ0) is 21.6. The molecule has 2 rings (SSSR count). The Morgan fingerprint density at radius 2 is 1.07 bits per heavy atom. The van der Waals surface area contributed by atoms with E-state index in [0.29, 0.717) is 11.5 Å². The number of esters is 2. The third-order valence-electron chi connectivity index (χ3n) is 4.12. The average Bonchev–Trinajstić information content (AvgIpc) is 2.75. The highest BCUT2D eigenvalue weighted by Gasteiger charge is 2.04. The Morgan fingerprint density at radius 1 is 0.700 bits per heavy atom. The van der Waals surface area contributed by atoms with Gasteiger partial charge in [0.15, 0.2) is 0 Å². The topological polar surface area (TPSA) is 76.7 Å². The molecule has 0 aliphatic rings. The summed E-state index contributed by atoms with van der Waals surface area (Å²) in [4.78, 5) is 23.6. The smallest absolute Gasteiger partial charge is 0.390 e. The summed E-state index contributed by atoms with van der Waals surface area (Å²) >= 11 is 0. The van der Waals surface area contributed by atoms with Crippen LogP contribution in [0.15, 0.2) is 48.5 Å². The van der Waals surface area contributed by atoms with Crippen molar-refractivity contribution in [3.8, 4) is 23.3 Å².